The van der Waals surface area contributed by atoms with Crippen molar-refractivity contribution in [2.45, 2.75) is 37.6 Å². The first kappa shape index (κ1) is 12.5. The molecule has 1 heterocycles. The third-order valence-electron chi connectivity index (χ3n) is 2.04. The lowest BCUT2D eigenvalue weighted by Gasteiger charge is -2.07. The van der Waals surface area contributed by atoms with Gasteiger partial charge >= 0.3 is 0 Å². The molecule has 0 unspecified atom stereocenters. The number of nitrogens with one attached hydrogen (secondary N) is 1. The second-order valence-corrected chi connectivity index (χ2v) is 5.02. The van der Waals surface area contributed by atoms with Crippen LogP contribution in [0.1, 0.15) is 26.7 Å². The van der Waals surface area contributed by atoms with Gasteiger partial charge in [-0.3, -0.25) is 4.98 Å². The zero-order valence-corrected chi connectivity index (χ0v) is 10.4. The van der Waals surface area contributed by atoms with Crippen LogP contribution in [0.3, 0.4) is 0 Å². The van der Waals surface area contributed by atoms with Gasteiger partial charge in [-0.2, -0.15) is 0 Å². The fourth-order valence-electron chi connectivity index (χ4n) is 1.24. The summed E-state index contributed by atoms with van der Waals surface area (Å²) in [5.41, 5.74) is 0. The van der Waals surface area contributed by atoms with E-state index in [9.17, 15) is 0 Å². The van der Waals surface area contributed by atoms with Crippen molar-refractivity contribution in [3.63, 3.8) is 0 Å². The Labute approximate surface area is 96.9 Å². The third kappa shape index (κ3) is 6.52. The normalized spacial score (nSPS) is 10.9. The Morgan fingerprint density at radius 2 is 2.00 bits per heavy atom. The molecule has 0 aromatic carbocycles. The van der Waals surface area contributed by atoms with Crippen LogP contribution in [0.4, 0.5) is 0 Å². The molecule has 2 nitrogen and oxygen atoms in total. The zero-order valence-electron chi connectivity index (χ0n) is 9.57. The first-order valence-corrected chi connectivity index (χ1v) is 6.54. The highest BCUT2D eigenvalue weighted by Gasteiger charge is 1.94. The van der Waals surface area contributed by atoms with Gasteiger partial charge < -0.3 is 5.32 Å². The highest BCUT2D eigenvalue weighted by Crippen LogP contribution is 2.17. The number of rotatable bonds is 7. The molecule has 1 aromatic heterocycles. The van der Waals surface area contributed by atoms with E-state index >= 15 is 0 Å². The molecule has 3 heteroatoms. The lowest BCUT2D eigenvalue weighted by Crippen LogP contribution is -2.23. The number of hydrogen-bond donors (Lipinski definition) is 1. The maximum atomic E-state index is 4.00. The summed E-state index contributed by atoms with van der Waals surface area (Å²) in [6.45, 7) is 5.51. The summed E-state index contributed by atoms with van der Waals surface area (Å²) in [5.74, 6) is 1.20. The third-order valence-corrected chi connectivity index (χ3v) is 3.14. The van der Waals surface area contributed by atoms with Crippen molar-refractivity contribution in [2.75, 3.05) is 12.3 Å². The molecule has 15 heavy (non-hydrogen) atoms. The molecule has 0 bridgehead atoms. The average molecular weight is 224 g/mol. The molecule has 0 saturated carbocycles. The van der Waals surface area contributed by atoms with E-state index in [1.807, 2.05) is 24.2 Å². The highest BCUT2D eigenvalue weighted by atomic mass is 32.2. The molecule has 0 radical (unpaired) electrons. The largest absolute Gasteiger partial charge is 0.315 e. The molecule has 0 fully saturated rings. The van der Waals surface area contributed by atoms with Crippen LogP contribution in [-0.4, -0.2) is 23.3 Å². The van der Waals surface area contributed by atoms with Gasteiger partial charge in [-0.05, 0) is 37.3 Å². The quantitative estimate of drug-likeness (QED) is 0.569. The molecule has 0 aliphatic rings. The summed E-state index contributed by atoms with van der Waals surface area (Å²) in [6.07, 6.45) is 6.23. The maximum absolute atomic E-state index is 4.00. The Balaban J connectivity index is 1.98. The number of pyridine rings is 1. The summed E-state index contributed by atoms with van der Waals surface area (Å²) in [7, 11) is 0. The van der Waals surface area contributed by atoms with E-state index in [0.717, 1.165) is 6.54 Å². The summed E-state index contributed by atoms with van der Waals surface area (Å²) < 4.78 is 0. The molecule has 0 amide bonds. The van der Waals surface area contributed by atoms with Crippen LogP contribution in [0.25, 0.3) is 0 Å². The minimum Gasteiger partial charge on any atom is -0.315 e. The Bertz CT molecular complexity index is 249. The smallest absolute Gasteiger partial charge is 0.0278 e. The van der Waals surface area contributed by atoms with Crippen LogP contribution < -0.4 is 5.32 Å². The summed E-state index contributed by atoms with van der Waals surface area (Å²) in [5, 5.41) is 3.42. The maximum Gasteiger partial charge on any atom is 0.0278 e. The number of thioether (sulfide) groups is 1. The lowest BCUT2D eigenvalue weighted by molar-refractivity contribution is 0.567. The summed E-state index contributed by atoms with van der Waals surface area (Å²) >= 11 is 1.91. The minimum absolute atomic E-state index is 0.609. The molecular formula is C12H20N2S. The Morgan fingerprint density at radius 3 is 2.67 bits per heavy atom. The van der Waals surface area contributed by atoms with Crippen molar-refractivity contribution >= 4 is 11.8 Å². The standard InChI is InChI=1S/C12H20N2S/c1-11(2)14-7-3-4-10-15-12-5-8-13-9-6-12/h5-6,8-9,11,14H,3-4,7,10H2,1-2H3. The molecule has 84 valence electrons. The van der Waals surface area contributed by atoms with E-state index in [1.165, 1.54) is 23.5 Å². The molecule has 1 N–H and O–H groups in total. The molecule has 0 aliphatic carbocycles. The predicted octanol–water partition coefficient (Wildman–Crippen LogP) is 2.95. The first-order chi connectivity index (χ1) is 7.29. The van der Waals surface area contributed by atoms with Gasteiger partial charge in [0.25, 0.3) is 0 Å². The van der Waals surface area contributed by atoms with Crippen LogP contribution in [0.2, 0.25) is 0 Å². The number of nitrogens with zero attached hydrogens (tertiary/aromatic N) is 1. The van der Waals surface area contributed by atoms with Crippen molar-refractivity contribution in [2.24, 2.45) is 0 Å². The zero-order chi connectivity index (χ0) is 10.9. The van der Waals surface area contributed by atoms with Crippen LogP contribution in [-0.2, 0) is 0 Å². The van der Waals surface area contributed by atoms with Gasteiger partial charge in [0.05, 0.1) is 0 Å². The van der Waals surface area contributed by atoms with Crippen molar-refractivity contribution < 1.29 is 0 Å². The van der Waals surface area contributed by atoms with Gasteiger partial charge in [0, 0.05) is 23.3 Å². The molecule has 0 aliphatic heterocycles. The fraction of sp³-hybridized carbons (Fsp3) is 0.583. The van der Waals surface area contributed by atoms with Gasteiger partial charge in [0.15, 0.2) is 0 Å². The molecule has 0 atom stereocenters. The van der Waals surface area contributed by atoms with Crippen LogP contribution in [0.5, 0.6) is 0 Å². The van der Waals surface area contributed by atoms with Crippen molar-refractivity contribution in [3.05, 3.63) is 24.5 Å². The van der Waals surface area contributed by atoms with Gasteiger partial charge in [0.2, 0.25) is 0 Å². The Kier molecular flexibility index (Phi) is 6.44. The second-order valence-electron chi connectivity index (χ2n) is 3.85. The molecular weight excluding hydrogens is 204 g/mol. The monoisotopic (exact) mass is 224 g/mol. The van der Waals surface area contributed by atoms with Crippen molar-refractivity contribution in [3.8, 4) is 0 Å². The predicted molar refractivity (Wildman–Crippen MR) is 67.3 cm³/mol. The lowest BCUT2D eigenvalue weighted by atomic mass is 10.3. The highest BCUT2D eigenvalue weighted by molar-refractivity contribution is 7.99. The molecule has 1 rings (SSSR count). The average Bonchev–Trinajstić information content (AvgIpc) is 2.24. The molecule has 0 spiro atoms. The van der Waals surface area contributed by atoms with Crippen LogP contribution >= 0.6 is 11.8 Å². The van der Waals surface area contributed by atoms with Crippen molar-refractivity contribution in [1.82, 2.24) is 10.3 Å². The van der Waals surface area contributed by atoms with Gasteiger partial charge in [0.1, 0.15) is 0 Å². The minimum atomic E-state index is 0.609. The number of hydrogen-bond acceptors (Lipinski definition) is 3. The van der Waals surface area contributed by atoms with E-state index in [0.29, 0.717) is 6.04 Å². The van der Waals surface area contributed by atoms with Gasteiger partial charge in [-0.25, -0.2) is 0 Å². The van der Waals surface area contributed by atoms with E-state index < -0.39 is 0 Å². The Hall–Kier alpha value is -0.540. The van der Waals surface area contributed by atoms with E-state index in [1.54, 1.807) is 0 Å². The van der Waals surface area contributed by atoms with Gasteiger partial charge in [-0.1, -0.05) is 13.8 Å². The fourth-order valence-corrected chi connectivity index (χ4v) is 2.14. The molecule has 1 aromatic rings. The van der Waals surface area contributed by atoms with E-state index in [-0.39, 0.29) is 0 Å². The second kappa shape index (κ2) is 7.71. The van der Waals surface area contributed by atoms with Crippen LogP contribution in [0.15, 0.2) is 29.4 Å². The van der Waals surface area contributed by atoms with Gasteiger partial charge in [-0.15, -0.1) is 11.8 Å². The number of unbranched alkanes of at least 4 members (excludes halogenated alkanes) is 1. The SMILES string of the molecule is CC(C)NCCCCSc1ccncc1. The topological polar surface area (TPSA) is 24.9 Å². The summed E-state index contributed by atoms with van der Waals surface area (Å²) in [6, 6.07) is 4.74. The number of aromatic nitrogens is 1. The Morgan fingerprint density at radius 1 is 1.27 bits per heavy atom. The first-order valence-electron chi connectivity index (χ1n) is 5.55. The molecule has 0 saturated heterocycles. The summed E-state index contributed by atoms with van der Waals surface area (Å²) in [4.78, 5) is 5.32. The van der Waals surface area contributed by atoms with E-state index in [2.05, 4.69) is 36.3 Å². The van der Waals surface area contributed by atoms with E-state index in [4.69, 9.17) is 0 Å². The van der Waals surface area contributed by atoms with Crippen molar-refractivity contribution in [1.29, 1.82) is 0 Å². The van der Waals surface area contributed by atoms with Crippen LogP contribution in [0, 0.1) is 0 Å².